The van der Waals surface area contributed by atoms with Crippen molar-refractivity contribution >= 4 is 75.4 Å². The molecule has 0 aliphatic carbocycles. The molecule has 0 atom stereocenters. The van der Waals surface area contributed by atoms with Crippen LogP contribution in [0.15, 0.2) is 33.9 Å². The average molecular weight is 502 g/mol. The van der Waals surface area contributed by atoms with Gasteiger partial charge in [-0.15, -0.1) is 0 Å². The highest BCUT2D eigenvalue weighted by atomic mass is 16.3. The molecule has 0 aliphatic heterocycles. The minimum absolute atomic E-state index is 0.0100. The number of hydrogen-bond acceptors (Lipinski definition) is 7. The van der Waals surface area contributed by atoms with Crippen molar-refractivity contribution in [3.63, 3.8) is 0 Å². The van der Waals surface area contributed by atoms with Gasteiger partial charge >= 0.3 is 0 Å². The maximum atomic E-state index is 14.0. The van der Waals surface area contributed by atoms with Crippen LogP contribution in [0.1, 0.15) is 16.7 Å². The minimum Gasteiger partial charge on any atom is -0.507 e. The Hall–Kier alpha value is -5.04. The molecule has 5 N–H and O–H groups in total. The zero-order valence-corrected chi connectivity index (χ0v) is 20.4. The number of aromatic hydroxyl groups is 5. The van der Waals surface area contributed by atoms with Crippen LogP contribution in [-0.2, 0) is 0 Å². The predicted molar refractivity (Wildman–Crippen MR) is 149 cm³/mol. The molecule has 8 rings (SSSR count). The Labute approximate surface area is 212 Å². The van der Waals surface area contributed by atoms with Crippen LogP contribution in [0.4, 0.5) is 0 Å². The summed E-state index contributed by atoms with van der Waals surface area (Å²) >= 11 is 0. The van der Waals surface area contributed by atoms with Gasteiger partial charge in [-0.2, -0.15) is 0 Å². The number of benzene rings is 8. The number of aryl methyl sites for hydroxylation is 3. The average Bonchev–Trinajstić information content (AvgIpc) is 2.82. The summed E-state index contributed by atoms with van der Waals surface area (Å²) < 4.78 is 0. The molecule has 0 aliphatic rings. The fourth-order valence-corrected chi connectivity index (χ4v) is 7.19. The third kappa shape index (κ3) is 1.96. The van der Waals surface area contributed by atoms with E-state index in [2.05, 4.69) is 0 Å². The molecule has 0 radical (unpaired) electrons. The zero-order chi connectivity index (χ0) is 26.7. The lowest BCUT2D eigenvalue weighted by Gasteiger charge is -2.25. The molecule has 8 aromatic rings. The lowest BCUT2D eigenvalue weighted by Crippen LogP contribution is -2.11. The van der Waals surface area contributed by atoms with Crippen LogP contribution in [0.2, 0.25) is 0 Å². The van der Waals surface area contributed by atoms with E-state index >= 15 is 0 Å². The fourth-order valence-electron chi connectivity index (χ4n) is 7.19. The van der Waals surface area contributed by atoms with Gasteiger partial charge in [0.15, 0.2) is 0 Å². The molecule has 0 unspecified atom stereocenters. The lowest BCUT2D eigenvalue weighted by molar-refractivity contribution is 0.458. The van der Waals surface area contributed by atoms with Gasteiger partial charge in [-0.1, -0.05) is 0 Å². The lowest BCUT2D eigenvalue weighted by atomic mass is 9.77. The van der Waals surface area contributed by atoms with Crippen molar-refractivity contribution in [1.29, 1.82) is 0 Å². The summed E-state index contributed by atoms with van der Waals surface area (Å²) in [4.78, 5) is 28.0. The second-order valence-electron chi connectivity index (χ2n) is 10.5. The number of rotatable bonds is 0. The van der Waals surface area contributed by atoms with Gasteiger partial charge in [0.25, 0.3) is 0 Å². The largest absolute Gasteiger partial charge is 0.507 e. The summed E-state index contributed by atoms with van der Waals surface area (Å²) in [5, 5.41) is 59.9. The van der Waals surface area contributed by atoms with E-state index in [1.165, 1.54) is 18.2 Å². The normalized spacial score (nSPS) is 12.8. The molecule has 0 saturated carbocycles. The van der Waals surface area contributed by atoms with Gasteiger partial charge in [0, 0.05) is 43.8 Å². The van der Waals surface area contributed by atoms with Crippen molar-refractivity contribution in [3.8, 4) is 28.7 Å². The van der Waals surface area contributed by atoms with Gasteiger partial charge in [0.1, 0.15) is 28.7 Å². The smallest absolute Gasteiger partial charge is 0.201 e. The van der Waals surface area contributed by atoms with Gasteiger partial charge in [0.2, 0.25) is 10.9 Å². The number of hydrogen-bond donors (Lipinski definition) is 5. The second-order valence-corrected chi connectivity index (χ2v) is 10.5. The van der Waals surface area contributed by atoms with Crippen molar-refractivity contribution in [1.82, 2.24) is 0 Å². The van der Waals surface area contributed by atoms with Crippen LogP contribution in [0, 0.1) is 20.8 Å². The molecule has 0 spiro atoms. The van der Waals surface area contributed by atoms with Crippen LogP contribution < -0.4 is 10.9 Å². The number of fused-ring (bicyclic) bond motifs is 2. The molecule has 0 bridgehead atoms. The van der Waals surface area contributed by atoms with Crippen molar-refractivity contribution in [2.45, 2.75) is 20.8 Å². The summed E-state index contributed by atoms with van der Waals surface area (Å²) in [6.07, 6.45) is 0. The van der Waals surface area contributed by atoms with E-state index in [1.807, 2.05) is 0 Å². The highest BCUT2D eigenvalue weighted by molar-refractivity contribution is 6.50. The van der Waals surface area contributed by atoms with E-state index in [4.69, 9.17) is 0 Å². The molecular weight excluding hydrogens is 484 g/mol. The molecular formula is C31H18O7. The Balaban J connectivity index is 2.04. The first-order valence-electron chi connectivity index (χ1n) is 12.1. The molecule has 0 aromatic heterocycles. The Morgan fingerprint density at radius 2 is 0.579 bits per heavy atom. The standard InChI is InChI=1S/C31H18O7/c1-8-4-11(32)20-24-16(8)17-9(2)5-12(33)21-25(17)29-27-19(14(35)7-15(36)23(27)31(21)38)18-10(3)6-13(34)22(30(20)37)26(18)28(24)29/h4-7,32-36H,1-3H3. The van der Waals surface area contributed by atoms with Gasteiger partial charge < -0.3 is 25.5 Å². The van der Waals surface area contributed by atoms with Gasteiger partial charge in [-0.3, -0.25) is 9.59 Å². The molecule has 0 amide bonds. The maximum Gasteiger partial charge on any atom is 0.201 e. The third-order valence-corrected chi connectivity index (χ3v) is 8.46. The van der Waals surface area contributed by atoms with Gasteiger partial charge in [0.05, 0.1) is 21.5 Å². The van der Waals surface area contributed by atoms with E-state index in [9.17, 15) is 35.1 Å². The van der Waals surface area contributed by atoms with E-state index in [-0.39, 0.29) is 49.9 Å². The molecule has 0 heterocycles. The molecule has 7 heteroatoms. The molecule has 8 aromatic carbocycles. The first-order valence-corrected chi connectivity index (χ1v) is 12.1. The third-order valence-electron chi connectivity index (χ3n) is 8.46. The molecule has 0 fully saturated rings. The van der Waals surface area contributed by atoms with E-state index in [0.29, 0.717) is 65.2 Å². The van der Waals surface area contributed by atoms with Crippen molar-refractivity contribution in [3.05, 3.63) is 61.4 Å². The van der Waals surface area contributed by atoms with Crippen LogP contribution in [0.25, 0.3) is 75.4 Å². The zero-order valence-electron chi connectivity index (χ0n) is 20.4. The topological polar surface area (TPSA) is 135 Å². The Morgan fingerprint density at radius 3 is 0.947 bits per heavy atom. The van der Waals surface area contributed by atoms with Crippen LogP contribution in [0.5, 0.6) is 28.7 Å². The number of phenolic OH excluding ortho intramolecular Hbond substituents is 5. The van der Waals surface area contributed by atoms with E-state index in [0.717, 1.165) is 6.07 Å². The summed E-state index contributed by atoms with van der Waals surface area (Å²) in [7, 11) is 0. The van der Waals surface area contributed by atoms with Crippen LogP contribution in [0.3, 0.4) is 0 Å². The molecule has 38 heavy (non-hydrogen) atoms. The van der Waals surface area contributed by atoms with E-state index < -0.39 is 16.6 Å². The summed E-state index contributed by atoms with van der Waals surface area (Å²) in [5.74, 6) is -1.46. The Morgan fingerprint density at radius 1 is 0.342 bits per heavy atom. The van der Waals surface area contributed by atoms with Gasteiger partial charge in [-0.05, 0) is 71.8 Å². The molecule has 0 saturated heterocycles. The quantitative estimate of drug-likeness (QED) is 0.133. The summed E-state index contributed by atoms with van der Waals surface area (Å²) in [6, 6.07) is 5.51. The minimum atomic E-state index is -0.580. The van der Waals surface area contributed by atoms with E-state index in [1.54, 1.807) is 20.8 Å². The Bertz CT molecular complexity index is 2170. The first-order chi connectivity index (χ1) is 18.0. The first kappa shape index (κ1) is 21.1. The summed E-state index contributed by atoms with van der Waals surface area (Å²) in [6.45, 7) is 5.33. The predicted octanol–water partition coefficient (Wildman–Crippen LogP) is 5.68. The number of phenols is 5. The van der Waals surface area contributed by atoms with Crippen molar-refractivity contribution in [2.24, 2.45) is 0 Å². The van der Waals surface area contributed by atoms with Crippen LogP contribution >= 0.6 is 0 Å². The SMILES string of the molecule is Cc1cc(O)c2c(=O)c3c(O)cc(C)c4c5c(O)cc(O)c6c(=O)c7c(O)cc(C)c8c1c2c(c34)c(c78)c65. The van der Waals surface area contributed by atoms with Gasteiger partial charge in [-0.25, -0.2) is 0 Å². The highest BCUT2D eigenvalue weighted by Gasteiger charge is 2.32. The maximum absolute atomic E-state index is 14.0. The van der Waals surface area contributed by atoms with Crippen LogP contribution in [-0.4, -0.2) is 25.5 Å². The molecule has 7 nitrogen and oxygen atoms in total. The highest BCUT2D eigenvalue weighted by Crippen LogP contribution is 2.56. The van der Waals surface area contributed by atoms with Crippen molar-refractivity contribution in [2.75, 3.05) is 0 Å². The monoisotopic (exact) mass is 502 g/mol. The fraction of sp³-hybridized carbons (Fsp3) is 0.0968. The Kier molecular flexibility index (Phi) is 3.38. The summed E-state index contributed by atoms with van der Waals surface area (Å²) in [5.41, 5.74) is 0.750. The molecule has 184 valence electrons. The second kappa shape index (κ2) is 6.08. The van der Waals surface area contributed by atoms with Crippen molar-refractivity contribution < 1.29 is 25.5 Å².